The summed E-state index contributed by atoms with van der Waals surface area (Å²) in [5.41, 5.74) is 0. The number of alkyl carbamates (subject to hydrolysis) is 1. The highest BCUT2D eigenvalue weighted by molar-refractivity contribution is 6.12. The molecule has 0 aromatic rings. The van der Waals surface area contributed by atoms with Crippen LogP contribution in [0.3, 0.4) is 0 Å². The number of carbonyl (C=O) groups excluding carboxylic acids is 3. The van der Waals surface area contributed by atoms with Crippen molar-refractivity contribution in [2.45, 2.75) is 25.7 Å². The number of allylic oxidation sites excluding steroid dienone is 2. The molecule has 2 aliphatic carbocycles. The van der Waals surface area contributed by atoms with Crippen LogP contribution < -0.4 is 5.32 Å². The molecule has 3 atom stereocenters. The zero-order chi connectivity index (χ0) is 16.2. The van der Waals surface area contributed by atoms with Gasteiger partial charge in [-0.2, -0.15) is 0 Å². The molecule has 0 aromatic carbocycles. The molecule has 124 valence electrons. The molecule has 1 N–H and O–H groups in total. The molecule has 1 aliphatic heterocycles. The first-order chi connectivity index (χ1) is 11.2. The zero-order valence-corrected chi connectivity index (χ0v) is 13.1. The highest BCUT2D eigenvalue weighted by Gasteiger charge is 2.49. The number of ether oxygens (including phenoxy) is 1. The van der Waals surface area contributed by atoms with Crippen molar-refractivity contribution in [3.63, 3.8) is 0 Å². The van der Waals surface area contributed by atoms with Crippen LogP contribution in [0.1, 0.15) is 25.7 Å². The smallest absolute Gasteiger partial charge is 0.407 e. The van der Waals surface area contributed by atoms with Crippen LogP contribution in [0.2, 0.25) is 0 Å². The van der Waals surface area contributed by atoms with Gasteiger partial charge in [0.1, 0.15) is 0 Å². The second-order valence-corrected chi connectivity index (χ2v) is 6.30. The molecule has 0 spiro atoms. The predicted molar refractivity (Wildman–Crippen MR) is 83.3 cm³/mol. The summed E-state index contributed by atoms with van der Waals surface area (Å²) >= 11 is 0. The van der Waals surface area contributed by atoms with Gasteiger partial charge in [-0.15, -0.1) is 0 Å². The quantitative estimate of drug-likeness (QED) is 0.617. The molecular weight excluding hydrogens is 296 g/mol. The van der Waals surface area contributed by atoms with Gasteiger partial charge >= 0.3 is 6.09 Å². The maximum atomic E-state index is 11.7. The topological polar surface area (TPSA) is 75.7 Å². The predicted octanol–water partition coefficient (Wildman–Crippen LogP) is 1.63. The van der Waals surface area contributed by atoms with Gasteiger partial charge in [0.15, 0.2) is 0 Å². The van der Waals surface area contributed by atoms with E-state index in [0.29, 0.717) is 24.4 Å². The lowest BCUT2D eigenvalue weighted by Crippen LogP contribution is -2.38. The van der Waals surface area contributed by atoms with E-state index in [1.165, 1.54) is 25.0 Å². The van der Waals surface area contributed by atoms with Crippen molar-refractivity contribution in [2.24, 2.45) is 17.8 Å². The third-order valence-corrected chi connectivity index (χ3v) is 4.92. The van der Waals surface area contributed by atoms with E-state index in [4.69, 9.17) is 4.74 Å². The van der Waals surface area contributed by atoms with Crippen molar-refractivity contribution >= 4 is 17.9 Å². The van der Waals surface area contributed by atoms with Crippen LogP contribution in [0.4, 0.5) is 4.79 Å². The SMILES string of the molecule is O=C(NCCN1C(=O)C=CC1=O)OCC1[C@H]2CCC=CCC[C@@H]12. The van der Waals surface area contributed by atoms with E-state index >= 15 is 0 Å². The lowest BCUT2D eigenvalue weighted by atomic mass is 10.1. The van der Waals surface area contributed by atoms with E-state index in [0.717, 1.165) is 17.7 Å². The van der Waals surface area contributed by atoms with Crippen molar-refractivity contribution < 1.29 is 19.1 Å². The van der Waals surface area contributed by atoms with Crippen LogP contribution in [-0.4, -0.2) is 42.5 Å². The number of fused-ring (bicyclic) bond motifs is 1. The number of hydrogen-bond donors (Lipinski definition) is 1. The normalized spacial score (nSPS) is 29.0. The first-order valence-electron chi connectivity index (χ1n) is 8.26. The second-order valence-electron chi connectivity index (χ2n) is 6.30. The van der Waals surface area contributed by atoms with Gasteiger partial charge in [-0.05, 0) is 43.4 Å². The average Bonchev–Trinajstić information content (AvgIpc) is 3.05. The van der Waals surface area contributed by atoms with Crippen LogP contribution in [0.25, 0.3) is 0 Å². The van der Waals surface area contributed by atoms with Crippen LogP contribution in [0.15, 0.2) is 24.3 Å². The van der Waals surface area contributed by atoms with Gasteiger partial charge < -0.3 is 10.1 Å². The third-order valence-electron chi connectivity index (χ3n) is 4.92. The van der Waals surface area contributed by atoms with E-state index in [-0.39, 0.29) is 24.9 Å². The fourth-order valence-corrected chi connectivity index (χ4v) is 3.59. The van der Waals surface area contributed by atoms with Gasteiger partial charge in [0.2, 0.25) is 0 Å². The number of hydrogen-bond acceptors (Lipinski definition) is 4. The third kappa shape index (κ3) is 3.81. The van der Waals surface area contributed by atoms with Crippen LogP contribution >= 0.6 is 0 Å². The minimum Gasteiger partial charge on any atom is -0.449 e. The Morgan fingerprint density at radius 2 is 1.74 bits per heavy atom. The molecule has 3 rings (SSSR count). The molecule has 0 radical (unpaired) electrons. The van der Waals surface area contributed by atoms with Crippen molar-refractivity contribution in [3.05, 3.63) is 24.3 Å². The van der Waals surface area contributed by atoms with E-state index in [1.807, 2.05) is 0 Å². The molecule has 3 aliphatic rings. The Hall–Kier alpha value is -2.11. The summed E-state index contributed by atoms with van der Waals surface area (Å²) in [6.07, 6.45) is 11.1. The molecule has 0 aromatic heterocycles. The van der Waals surface area contributed by atoms with Gasteiger partial charge in [0.25, 0.3) is 11.8 Å². The van der Waals surface area contributed by atoms with Gasteiger partial charge in [0.05, 0.1) is 6.61 Å². The van der Waals surface area contributed by atoms with Crippen LogP contribution in [0, 0.1) is 17.8 Å². The van der Waals surface area contributed by atoms with Crippen molar-refractivity contribution in [1.29, 1.82) is 0 Å². The number of carbonyl (C=O) groups is 3. The molecule has 23 heavy (non-hydrogen) atoms. The molecule has 0 bridgehead atoms. The number of rotatable bonds is 5. The molecule has 1 saturated carbocycles. The Morgan fingerprint density at radius 3 is 2.35 bits per heavy atom. The summed E-state index contributed by atoms with van der Waals surface area (Å²) in [5.74, 6) is 1.20. The van der Waals surface area contributed by atoms with Crippen molar-refractivity contribution in [1.82, 2.24) is 10.2 Å². The second kappa shape index (κ2) is 6.98. The van der Waals surface area contributed by atoms with Gasteiger partial charge in [-0.3, -0.25) is 14.5 Å². The van der Waals surface area contributed by atoms with E-state index in [1.54, 1.807) is 0 Å². The van der Waals surface area contributed by atoms with Crippen molar-refractivity contribution in [3.8, 4) is 0 Å². The molecule has 1 fully saturated rings. The molecule has 3 amide bonds. The molecule has 6 heteroatoms. The Balaban J connectivity index is 1.31. The Kier molecular flexibility index (Phi) is 4.79. The largest absolute Gasteiger partial charge is 0.449 e. The number of nitrogens with zero attached hydrogens (tertiary/aromatic N) is 1. The maximum Gasteiger partial charge on any atom is 0.407 e. The first kappa shape index (κ1) is 15.8. The highest BCUT2D eigenvalue weighted by atomic mass is 16.5. The standard InChI is InChI=1S/C17H22N2O4/c20-15-7-8-16(21)19(15)10-9-18-17(22)23-11-14-12-5-3-1-2-4-6-13(12)14/h1-2,7-8,12-14H,3-6,9-11H2,(H,18,22)/t12-,13+,14?. The summed E-state index contributed by atoms with van der Waals surface area (Å²) in [5, 5.41) is 2.59. The minimum atomic E-state index is -0.477. The van der Waals surface area contributed by atoms with Crippen LogP contribution in [0.5, 0.6) is 0 Å². The number of amides is 3. The fourth-order valence-electron chi connectivity index (χ4n) is 3.59. The number of imide groups is 1. The minimum absolute atomic E-state index is 0.167. The summed E-state index contributed by atoms with van der Waals surface area (Å²) in [6.45, 7) is 0.837. The fraction of sp³-hybridized carbons (Fsp3) is 0.588. The monoisotopic (exact) mass is 318 g/mol. The lowest BCUT2D eigenvalue weighted by Gasteiger charge is -2.14. The van der Waals surface area contributed by atoms with E-state index in [9.17, 15) is 14.4 Å². The summed E-state index contributed by atoms with van der Waals surface area (Å²) in [6, 6.07) is 0. The van der Waals surface area contributed by atoms with Gasteiger partial charge in [-0.25, -0.2) is 4.79 Å². The Labute approximate surface area is 135 Å². The lowest BCUT2D eigenvalue weighted by molar-refractivity contribution is -0.136. The maximum absolute atomic E-state index is 11.7. The first-order valence-corrected chi connectivity index (χ1v) is 8.26. The molecule has 6 nitrogen and oxygen atoms in total. The van der Waals surface area contributed by atoms with E-state index < -0.39 is 6.09 Å². The number of nitrogens with one attached hydrogen (secondary N) is 1. The van der Waals surface area contributed by atoms with Crippen LogP contribution in [-0.2, 0) is 14.3 Å². The summed E-state index contributed by atoms with van der Waals surface area (Å²) in [7, 11) is 0. The van der Waals surface area contributed by atoms with E-state index in [2.05, 4.69) is 17.5 Å². The molecule has 1 heterocycles. The van der Waals surface area contributed by atoms with Crippen molar-refractivity contribution in [2.75, 3.05) is 19.7 Å². The summed E-state index contributed by atoms with van der Waals surface area (Å²) in [4.78, 5) is 35.5. The summed E-state index contributed by atoms with van der Waals surface area (Å²) < 4.78 is 5.28. The molecule has 0 saturated heterocycles. The highest BCUT2D eigenvalue weighted by Crippen LogP contribution is 2.52. The Bertz CT molecular complexity index is 521. The average molecular weight is 318 g/mol. The van der Waals surface area contributed by atoms with Gasteiger partial charge in [-0.1, -0.05) is 12.2 Å². The van der Waals surface area contributed by atoms with Gasteiger partial charge in [0, 0.05) is 25.2 Å². The molecule has 1 unspecified atom stereocenters. The molecular formula is C17H22N2O4. The Morgan fingerprint density at radius 1 is 1.13 bits per heavy atom. The zero-order valence-electron chi connectivity index (χ0n) is 13.1.